The molecule has 0 saturated heterocycles. The van der Waals surface area contributed by atoms with E-state index in [0.717, 1.165) is 11.1 Å². The van der Waals surface area contributed by atoms with Crippen molar-refractivity contribution < 1.29 is 14.3 Å². The summed E-state index contributed by atoms with van der Waals surface area (Å²) in [6.45, 7) is 1.45. The number of halogens is 1. The Labute approximate surface area is 205 Å². The summed E-state index contributed by atoms with van der Waals surface area (Å²) in [7, 11) is 1.70. The van der Waals surface area contributed by atoms with Crippen molar-refractivity contribution in [3.8, 4) is 0 Å². The highest BCUT2D eigenvalue weighted by atomic mass is 127. The Morgan fingerprint density at radius 2 is 1.81 bits per heavy atom. The maximum atomic E-state index is 12.4. The average Bonchev–Trinajstić information content (AvgIpc) is 3.34. The molecular weight excluding hydrogens is 519 g/mol. The van der Waals surface area contributed by atoms with Crippen LogP contribution in [-0.4, -0.2) is 37.2 Å². The first kappa shape index (κ1) is 25.4. The fourth-order valence-corrected chi connectivity index (χ4v) is 3.14. The van der Waals surface area contributed by atoms with Gasteiger partial charge in [-0.3, -0.25) is 9.79 Å². The Hall–Kier alpha value is -2.85. The van der Waals surface area contributed by atoms with Crippen LogP contribution in [0.4, 0.5) is 0 Å². The van der Waals surface area contributed by atoms with Crippen molar-refractivity contribution in [2.24, 2.45) is 4.99 Å². The van der Waals surface area contributed by atoms with Gasteiger partial charge in [-0.1, -0.05) is 42.5 Å². The Morgan fingerprint density at radius 3 is 2.50 bits per heavy atom. The minimum absolute atomic E-state index is 0. The molecule has 0 spiro atoms. The third-order valence-corrected chi connectivity index (χ3v) is 4.88. The van der Waals surface area contributed by atoms with Crippen molar-refractivity contribution in [3.63, 3.8) is 0 Å². The number of guanidine groups is 1. The summed E-state index contributed by atoms with van der Waals surface area (Å²) in [4.78, 5) is 16.6. The van der Waals surface area contributed by atoms with Crippen molar-refractivity contribution in [2.75, 3.05) is 20.2 Å². The monoisotopic (exact) mass is 548 g/mol. The number of aliphatic hydroxyl groups excluding tert-OH is 1. The van der Waals surface area contributed by atoms with E-state index < -0.39 is 0 Å². The quantitative estimate of drug-likeness (QED) is 0.187. The van der Waals surface area contributed by atoms with E-state index in [4.69, 9.17) is 4.42 Å². The first-order valence-electron chi connectivity index (χ1n) is 10.2. The number of hydrogen-bond acceptors (Lipinski definition) is 4. The number of rotatable bonds is 9. The van der Waals surface area contributed by atoms with Crippen LogP contribution in [0.1, 0.15) is 33.2 Å². The number of furan rings is 1. The van der Waals surface area contributed by atoms with Crippen LogP contribution >= 0.6 is 24.0 Å². The molecule has 1 heterocycles. The van der Waals surface area contributed by atoms with Crippen LogP contribution in [-0.2, 0) is 13.1 Å². The molecule has 1 aromatic heterocycles. The Bertz CT molecular complexity index is 978. The minimum Gasteiger partial charge on any atom is -0.467 e. The van der Waals surface area contributed by atoms with Crippen molar-refractivity contribution in [2.45, 2.75) is 19.0 Å². The fourth-order valence-electron chi connectivity index (χ4n) is 3.14. The van der Waals surface area contributed by atoms with Crippen molar-refractivity contribution in [3.05, 3.63) is 95.4 Å². The van der Waals surface area contributed by atoms with Gasteiger partial charge in [0.15, 0.2) is 5.96 Å². The maximum absolute atomic E-state index is 12.4. The lowest BCUT2D eigenvalue weighted by Crippen LogP contribution is -2.39. The minimum atomic E-state index is -0.158. The van der Waals surface area contributed by atoms with Gasteiger partial charge in [0.05, 0.1) is 19.4 Å². The van der Waals surface area contributed by atoms with Crippen molar-refractivity contribution in [1.82, 2.24) is 16.0 Å². The predicted molar refractivity (Wildman–Crippen MR) is 136 cm³/mol. The molecule has 0 bridgehead atoms. The molecule has 1 amide bonds. The van der Waals surface area contributed by atoms with Gasteiger partial charge in [0.25, 0.3) is 5.91 Å². The van der Waals surface area contributed by atoms with E-state index in [1.807, 2.05) is 54.6 Å². The average molecular weight is 548 g/mol. The topological polar surface area (TPSA) is 98.9 Å². The lowest BCUT2D eigenvalue weighted by Gasteiger charge is -2.18. The second-order valence-electron chi connectivity index (χ2n) is 7.06. The molecule has 0 saturated carbocycles. The van der Waals surface area contributed by atoms with Crippen LogP contribution < -0.4 is 16.0 Å². The molecule has 0 aliphatic carbocycles. The number of nitrogens with one attached hydrogen (secondary N) is 3. The number of benzene rings is 2. The Balaban J connectivity index is 0.00000363. The van der Waals surface area contributed by atoms with Gasteiger partial charge in [0, 0.05) is 31.6 Å². The van der Waals surface area contributed by atoms with E-state index in [1.165, 1.54) is 0 Å². The summed E-state index contributed by atoms with van der Waals surface area (Å²) in [5, 5.41) is 19.1. The molecule has 1 unspecified atom stereocenters. The van der Waals surface area contributed by atoms with Gasteiger partial charge in [-0.05, 0) is 35.4 Å². The van der Waals surface area contributed by atoms with Gasteiger partial charge in [-0.2, -0.15) is 0 Å². The van der Waals surface area contributed by atoms with Crippen molar-refractivity contribution >= 4 is 35.8 Å². The standard InChI is InChI=1S/C24H28N4O3.HI/c1-25-24(28-15-21(17-29)19-8-3-2-4-9-19)27-14-18-7-5-10-20(13-18)23(30)26-16-22-11-6-12-31-22;/h2-13,21,29H,14-17H2,1H3,(H,26,30)(H2,25,27,28);1H. The molecule has 4 N–H and O–H groups in total. The third kappa shape index (κ3) is 7.69. The fraction of sp³-hybridized carbons (Fsp3) is 0.250. The normalized spacial score (nSPS) is 11.9. The molecule has 170 valence electrons. The van der Waals surface area contributed by atoms with Gasteiger partial charge in [-0.25, -0.2) is 0 Å². The summed E-state index contributed by atoms with van der Waals surface area (Å²) in [6.07, 6.45) is 1.58. The first-order chi connectivity index (χ1) is 15.2. The van der Waals surface area contributed by atoms with Crippen LogP contribution in [0, 0.1) is 0 Å². The zero-order chi connectivity index (χ0) is 21.9. The van der Waals surface area contributed by atoms with Gasteiger partial charge >= 0.3 is 0 Å². The van der Waals surface area contributed by atoms with E-state index >= 15 is 0 Å². The van der Waals surface area contributed by atoms with E-state index in [9.17, 15) is 9.90 Å². The highest BCUT2D eigenvalue weighted by Crippen LogP contribution is 2.13. The van der Waals surface area contributed by atoms with Crippen LogP contribution in [0.15, 0.2) is 82.4 Å². The van der Waals surface area contributed by atoms with Gasteiger partial charge in [0.1, 0.15) is 5.76 Å². The number of amides is 1. The molecule has 2 aromatic carbocycles. The Kier molecular flexibility index (Phi) is 10.8. The maximum Gasteiger partial charge on any atom is 0.251 e. The van der Waals surface area contributed by atoms with Crippen LogP contribution in [0.25, 0.3) is 0 Å². The second-order valence-corrected chi connectivity index (χ2v) is 7.06. The van der Waals surface area contributed by atoms with Crippen LogP contribution in [0.5, 0.6) is 0 Å². The number of hydrogen-bond donors (Lipinski definition) is 4. The summed E-state index contributed by atoms with van der Waals surface area (Å²) in [5.74, 6) is 1.15. The lowest BCUT2D eigenvalue weighted by atomic mass is 10.0. The van der Waals surface area contributed by atoms with Crippen molar-refractivity contribution in [1.29, 1.82) is 0 Å². The third-order valence-electron chi connectivity index (χ3n) is 4.88. The predicted octanol–water partition coefficient (Wildman–Crippen LogP) is 3.27. The summed E-state index contributed by atoms with van der Waals surface area (Å²) >= 11 is 0. The SMILES string of the molecule is CN=C(NCc1cccc(C(=O)NCc2ccco2)c1)NCC(CO)c1ccccc1.I. The zero-order valence-electron chi connectivity index (χ0n) is 18.0. The molecule has 7 nitrogen and oxygen atoms in total. The number of nitrogens with zero attached hydrogens (tertiary/aromatic N) is 1. The highest BCUT2D eigenvalue weighted by Gasteiger charge is 2.11. The molecule has 32 heavy (non-hydrogen) atoms. The first-order valence-corrected chi connectivity index (χ1v) is 10.2. The zero-order valence-corrected chi connectivity index (χ0v) is 20.3. The van der Waals surface area contributed by atoms with Gasteiger partial charge < -0.3 is 25.5 Å². The summed E-state index contributed by atoms with van der Waals surface area (Å²) in [5.41, 5.74) is 2.61. The largest absolute Gasteiger partial charge is 0.467 e. The number of aliphatic hydroxyl groups is 1. The molecule has 8 heteroatoms. The summed E-state index contributed by atoms with van der Waals surface area (Å²) in [6, 6.07) is 20.9. The molecule has 0 fully saturated rings. The molecule has 0 radical (unpaired) electrons. The van der Waals surface area contributed by atoms with Gasteiger partial charge in [0.2, 0.25) is 0 Å². The molecule has 1 atom stereocenters. The molecule has 0 aliphatic heterocycles. The van der Waals surface area contributed by atoms with E-state index in [0.29, 0.717) is 36.9 Å². The van der Waals surface area contributed by atoms with Crippen LogP contribution in [0.2, 0.25) is 0 Å². The molecular formula is C24H29IN4O3. The highest BCUT2D eigenvalue weighted by molar-refractivity contribution is 14.0. The Morgan fingerprint density at radius 1 is 1.00 bits per heavy atom. The van der Waals surface area contributed by atoms with E-state index in [2.05, 4.69) is 20.9 Å². The van der Waals surface area contributed by atoms with Gasteiger partial charge in [-0.15, -0.1) is 24.0 Å². The van der Waals surface area contributed by atoms with E-state index in [-0.39, 0.29) is 42.4 Å². The number of carbonyl (C=O) groups excluding carboxylic acids is 1. The van der Waals surface area contributed by atoms with E-state index in [1.54, 1.807) is 25.4 Å². The number of aliphatic imine (C=N–C) groups is 1. The smallest absolute Gasteiger partial charge is 0.251 e. The molecule has 3 aromatic rings. The molecule has 3 rings (SSSR count). The lowest BCUT2D eigenvalue weighted by molar-refractivity contribution is 0.0948. The van der Waals surface area contributed by atoms with Crippen LogP contribution in [0.3, 0.4) is 0 Å². The molecule has 0 aliphatic rings. The summed E-state index contributed by atoms with van der Waals surface area (Å²) < 4.78 is 5.24. The second kappa shape index (κ2) is 13.5. The number of carbonyl (C=O) groups is 1.